The van der Waals surface area contributed by atoms with Gasteiger partial charge in [0.1, 0.15) is 5.82 Å². The number of benzene rings is 1. The Morgan fingerprint density at radius 3 is 2.75 bits per heavy atom. The topological polar surface area (TPSA) is 72.2 Å². The lowest BCUT2D eigenvalue weighted by molar-refractivity contribution is -0.132. The first-order chi connectivity index (χ1) is 9.50. The highest BCUT2D eigenvalue weighted by atomic mass is 35.5. The third kappa shape index (κ3) is 3.10. The predicted molar refractivity (Wildman–Crippen MR) is 73.3 cm³/mol. The van der Waals surface area contributed by atoms with Crippen LogP contribution in [0.4, 0.5) is 4.39 Å². The molecule has 2 atom stereocenters. The minimum atomic E-state index is -0.535. The van der Waals surface area contributed by atoms with Crippen molar-refractivity contribution in [1.82, 2.24) is 5.32 Å². The second kappa shape index (κ2) is 6.22. The van der Waals surface area contributed by atoms with Crippen LogP contribution >= 0.6 is 11.6 Å². The zero-order valence-corrected chi connectivity index (χ0v) is 11.6. The fourth-order valence-corrected chi connectivity index (χ4v) is 2.81. The number of nitrogens with one attached hydrogen (secondary N) is 1. The van der Waals surface area contributed by atoms with Gasteiger partial charge in [-0.05, 0) is 18.9 Å². The molecule has 2 rings (SSSR count). The lowest BCUT2D eigenvalue weighted by Crippen LogP contribution is -2.37. The molecule has 0 bridgehead atoms. The van der Waals surface area contributed by atoms with Gasteiger partial charge in [0.25, 0.3) is 0 Å². The van der Waals surface area contributed by atoms with Gasteiger partial charge < -0.3 is 11.1 Å². The zero-order valence-electron chi connectivity index (χ0n) is 10.9. The molecular formula is C14H16ClFN2O2. The summed E-state index contributed by atoms with van der Waals surface area (Å²) in [5, 5.41) is 2.67. The van der Waals surface area contributed by atoms with Crippen molar-refractivity contribution in [1.29, 1.82) is 0 Å². The van der Waals surface area contributed by atoms with Crippen LogP contribution in [0.25, 0.3) is 0 Å². The molecule has 1 aliphatic rings. The quantitative estimate of drug-likeness (QED) is 0.892. The highest BCUT2D eigenvalue weighted by Crippen LogP contribution is 2.31. The molecule has 0 spiro atoms. The van der Waals surface area contributed by atoms with Gasteiger partial charge in [-0.2, -0.15) is 0 Å². The first-order valence-electron chi connectivity index (χ1n) is 6.50. The molecule has 108 valence electrons. The van der Waals surface area contributed by atoms with E-state index in [-0.39, 0.29) is 17.5 Å². The summed E-state index contributed by atoms with van der Waals surface area (Å²) in [5.41, 5.74) is 5.60. The standard InChI is InChI=1S/C14H16ClFN2O2/c15-11-6-1-3-8(12(11)16)7-18-14(20)10-5-2-4-9(10)13(17)19/h1,3,6,9-10H,2,4-5,7H2,(H2,17,19)(H,18,20). The summed E-state index contributed by atoms with van der Waals surface area (Å²) in [5.74, 6) is -2.07. The van der Waals surface area contributed by atoms with E-state index in [1.165, 1.54) is 6.07 Å². The van der Waals surface area contributed by atoms with Crippen molar-refractivity contribution in [3.8, 4) is 0 Å². The molecule has 2 unspecified atom stereocenters. The third-order valence-corrected chi connectivity index (χ3v) is 3.99. The number of carbonyl (C=O) groups is 2. The van der Waals surface area contributed by atoms with Crippen molar-refractivity contribution < 1.29 is 14.0 Å². The summed E-state index contributed by atoms with van der Waals surface area (Å²) in [6.07, 6.45) is 2.08. The summed E-state index contributed by atoms with van der Waals surface area (Å²) in [6, 6.07) is 4.62. The Balaban J connectivity index is 1.98. The molecule has 1 aliphatic carbocycles. The summed E-state index contributed by atoms with van der Waals surface area (Å²) >= 11 is 5.67. The number of primary amides is 1. The lowest BCUT2D eigenvalue weighted by atomic mass is 9.94. The number of amides is 2. The SMILES string of the molecule is NC(=O)C1CCCC1C(=O)NCc1cccc(Cl)c1F. The Kier molecular flexibility index (Phi) is 4.60. The van der Waals surface area contributed by atoms with Gasteiger partial charge in [0, 0.05) is 23.9 Å². The molecule has 0 aromatic heterocycles. The van der Waals surface area contributed by atoms with E-state index in [0.29, 0.717) is 18.4 Å². The largest absolute Gasteiger partial charge is 0.369 e. The number of halogens is 2. The molecule has 1 aromatic carbocycles. The Morgan fingerprint density at radius 1 is 1.35 bits per heavy atom. The maximum Gasteiger partial charge on any atom is 0.224 e. The van der Waals surface area contributed by atoms with E-state index in [4.69, 9.17) is 17.3 Å². The van der Waals surface area contributed by atoms with Crippen LogP contribution in [-0.2, 0) is 16.1 Å². The number of carbonyl (C=O) groups excluding carboxylic acids is 2. The van der Waals surface area contributed by atoms with Gasteiger partial charge in [0.05, 0.1) is 5.02 Å². The molecule has 6 heteroatoms. The second-order valence-corrected chi connectivity index (χ2v) is 5.38. The average molecular weight is 299 g/mol. The van der Waals surface area contributed by atoms with Crippen LogP contribution in [0.1, 0.15) is 24.8 Å². The molecule has 1 aromatic rings. The van der Waals surface area contributed by atoms with Crippen LogP contribution in [0.3, 0.4) is 0 Å². The molecule has 3 N–H and O–H groups in total. The summed E-state index contributed by atoms with van der Waals surface area (Å²) < 4.78 is 13.7. The van der Waals surface area contributed by atoms with Crippen molar-refractivity contribution in [2.24, 2.45) is 17.6 Å². The zero-order chi connectivity index (χ0) is 14.7. The minimum absolute atomic E-state index is 0.0210. The molecule has 0 saturated heterocycles. The van der Waals surface area contributed by atoms with Gasteiger partial charge in [-0.3, -0.25) is 9.59 Å². The monoisotopic (exact) mass is 298 g/mol. The average Bonchev–Trinajstić information content (AvgIpc) is 2.89. The lowest BCUT2D eigenvalue weighted by Gasteiger charge is -2.16. The Labute approximate surface area is 121 Å². The Bertz CT molecular complexity index is 536. The van der Waals surface area contributed by atoms with Gasteiger partial charge in [0.15, 0.2) is 0 Å². The van der Waals surface area contributed by atoms with Gasteiger partial charge in [0.2, 0.25) is 11.8 Å². The van der Waals surface area contributed by atoms with E-state index >= 15 is 0 Å². The number of hydrogen-bond acceptors (Lipinski definition) is 2. The van der Waals surface area contributed by atoms with Crippen LogP contribution < -0.4 is 11.1 Å². The Morgan fingerprint density at radius 2 is 2.05 bits per heavy atom. The summed E-state index contributed by atoms with van der Waals surface area (Å²) in [6.45, 7) is 0.0488. The molecule has 0 aliphatic heterocycles. The second-order valence-electron chi connectivity index (χ2n) is 4.98. The van der Waals surface area contributed by atoms with E-state index in [1.807, 2.05) is 0 Å². The third-order valence-electron chi connectivity index (χ3n) is 3.70. The molecule has 0 heterocycles. The molecule has 4 nitrogen and oxygen atoms in total. The van der Waals surface area contributed by atoms with Crippen molar-refractivity contribution >= 4 is 23.4 Å². The van der Waals surface area contributed by atoms with Crippen LogP contribution in [0.15, 0.2) is 18.2 Å². The highest BCUT2D eigenvalue weighted by Gasteiger charge is 2.36. The van der Waals surface area contributed by atoms with Gasteiger partial charge in [-0.25, -0.2) is 4.39 Å². The van der Waals surface area contributed by atoms with Gasteiger partial charge in [-0.15, -0.1) is 0 Å². The van der Waals surface area contributed by atoms with Gasteiger partial charge >= 0.3 is 0 Å². The normalized spacial score (nSPS) is 21.7. The van der Waals surface area contributed by atoms with Crippen LogP contribution in [-0.4, -0.2) is 11.8 Å². The van der Waals surface area contributed by atoms with E-state index in [2.05, 4.69) is 5.32 Å². The van der Waals surface area contributed by atoms with E-state index < -0.39 is 23.6 Å². The number of nitrogens with two attached hydrogens (primary N) is 1. The van der Waals surface area contributed by atoms with Crippen molar-refractivity contribution in [2.75, 3.05) is 0 Å². The fraction of sp³-hybridized carbons (Fsp3) is 0.429. The molecule has 2 amide bonds. The van der Waals surface area contributed by atoms with Gasteiger partial charge in [-0.1, -0.05) is 30.2 Å². The number of rotatable bonds is 4. The maximum atomic E-state index is 13.7. The van der Waals surface area contributed by atoms with Crippen LogP contribution in [0.2, 0.25) is 5.02 Å². The fourth-order valence-electron chi connectivity index (χ4n) is 2.61. The van der Waals surface area contributed by atoms with E-state index in [0.717, 1.165) is 6.42 Å². The summed E-state index contributed by atoms with van der Waals surface area (Å²) in [4.78, 5) is 23.3. The van der Waals surface area contributed by atoms with Crippen molar-refractivity contribution in [3.05, 3.63) is 34.6 Å². The predicted octanol–water partition coefficient (Wildman–Crippen LogP) is 2.00. The Hall–Kier alpha value is -1.62. The first-order valence-corrected chi connectivity index (χ1v) is 6.88. The minimum Gasteiger partial charge on any atom is -0.369 e. The smallest absolute Gasteiger partial charge is 0.224 e. The number of hydrogen-bond donors (Lipinski definition) is 2. The van der Waals surface area contributed by atoms with E-state index in [9.17, 15) is 14.0 Å². The molecule has 1 saturated carbocycles. The molecule has 20 heavy (non-hydrogen) atoms. The van der Waals surface area contributed by atoms with Crippen LogP contribution in [0, 0.1) is 17.7 Å². The summed E-state index contributed by atoms with van der Waals surface area (Å²) in [7, 11) is 0. The van der Waals surface area contributed by atoms with Crippen LogP contribution in [0.5, 0.6) is 0 Å². The van der Waals surface area contributed by atoms with Crippen molar-refractivity contribution in [2.45, 2.75) is 25.8 Å². The molecule has 1 fully saturated rings. The molecular weight excluding hydrogens is 283 g/mol. The van der Waals surface area contributed by atoms with Crippen molar-refractivity contribution in [3.63, 3.8) is 0 Å². The maximum absolute atomic E-state index is 13.7. The highest BCUT2D eigenvalue weighted by molar-refractivity contribution is 6.30. The molecule has 0 radical (unpaired) electrons. The first kappa shape index (κ1) is 14.8. The van der Waals surface area contributed by atoms with E-state index in [1.54, 1.807) is 12.1 Å².